The van der Waals surface area contributed by atoms with Crippen LogP contribution in [-0.4, -0.2) is 29.4 Å². The van der Waals surface area contributed by atoms with Gasteiger partial charge in [0.1, 0.15) is 11.8 Å². The van der Waals surface area contributed by atoms with Crippen molar-refractivity contribution < 1.29 is 12.8 Å². The van der Waals surface area contributed by atoms with Gasteiger partial charge in [-0.3, -0.25) is 4.79 Å². The zero-order valence-electron chi connectivity index (χ0n) is 17.9. The van der Waals surface area contributed by atoms with Crippen LogP contribution in [0.4, 0.5) is 0 Å². The Morgan fingerprint density at radius 2 is 1.76 bits per heavy atom. The molecule has 0 spiro atoms. The lowest BCUT2D eigenvalue weighted by atomic mass is 9.91. The molecule has 7 nitrogen and oxygen atoms in total. The monoisotopic (exact) mass is 481 g/mol. The van der Waals surface area contributed by atoms with E-state index in [0.29, 0.717) is 27.6 Å². The van der Waals surface area contributed by atoms with Crippen molar-refractivity contribution in [1.29, 1.82) is 0 Å². The van der Waals surface area contributed by atoms with Crippen LogP contribution >= 0.6 is 11.6 Å². The molecule has 4 aromatic rings. The van der Waals surface area contributed by atoms with Crippen molar-refractivity contribution in [2.24, 2.45) is 12.1 Å². The lowest BCUT2D eigenvalue weighted by molar-refractivity contribution is 0.322. The number of aryl methyl sites for hydroxylation is 1. The van der Waals surface area contributed by atoms with Gasteiger partial charge in [-0.05, 0) is 35.9 Å². The highest BCUT2D eigenvalue weighted by Crippen LogP contribution is 2.38. The van der Waals surface area contributed by atoms with Crippen LogP contribution in [0.3, 0.4) is 0 Å². The molecule has 3 heterocycles. The number of hydrogen-bond acceptors (Lipinski definition) is 5. The smallest absolute Gasteiger partial charge is 0.260 e. The molecule has 1 aliphatic heterocycles. The third-order valence-corrected chi connectivity index (χ3v) is 7.08. The maximum absolute atomic E-state index is 13.6. The van der Waals surface area contributed by atoms with Gasteiger partial charge in [0.05, 0.1) is 29.3 Å². The molecule has 1 aliphatic rings. The molecule has 0 amide bonds. The van der Waals surface area contributed by atoms with Gasteiger partial charge in [-0.25, -0.2) is 8.42 Å². The number of furan rings is 1. The first kappa shape index (κ1) is 21.5. The molecule has 2 aromatic carbocycles. The number of fused-ring (bicyclic) bond motifs is 1. The molecule has 0 saturated heterocycles. The number of nitrogens with zero attached hydrogens (tertiary/aromatic N) is 3. The Morgan fingerprint density at radius 1 is 1.03 bits per heavy atom. The number of benzene rings is 2. The van der Waals surface area contributed by atoms with Crippen molar-refractivity contribution in [3.8, 4) is 11.1 Å². The normalized spacial score (nSPS) is 16.4. The molecule has 168 valence electrons. The summed E-state index contributed by atoms with van der Waals surface area (Å²) in [6, 6.07) is 17.6. The van der Waals surface area contributed by atoms with Gasteiger partial charge in [0.2, 0.25) is 10.0 Å². The van der Waals surface area contributed by atoms with Crippen LogP contribution in [0.15, 0.2) is 81.2 Å². The Labute approximate surface area is 195 Å². The minimum atomic E-state index is -3.71. The zero-order valence-corrected chi connectivity index (χ0v) is 19.5. The Morgan fingerprint density at radius 3 is 2.42 bits per heavy atom. The van der Waals surface area contributed by atoms with Gasteiger partial charge in [-0.1, -0.05) is 41.9 Å². The first-order valence-electron chi connectivity index (χ1n) is 10.2. The number of hydrogen-bond donors (Lipinski definition) is 0. The Hall–Kier alpha value is -3.36. The Kier molecular flexibility index (Phi) is 5.14. The second-order valence-corrected chi connectivity index (χ2v) is 10.2. The average Bonchev–Trinajstić information content (AvgIpc) is 3.46. The van der Waals surface area contributed by atoms with E-state index in [1.165, 1.54) is 6.26 Å². The fourth-order valence-electron chi connectivity index (χ4n) is 4.32. The van der Waals surface area contributed by atoms with Crippen molar-refractivity contribution >= 4 is 38.2 Å². The largest absolute Gasteiger partial charge is 0.467 e. The zero-order chi connectivity index (χ0) is 23.3. The lowest BCUT2D eigenvalue weighted by Crippen LogP contribution is -2.26. The summed E-state index contributed by atoms with van der Waals surface area (Å²) in [5, 5.41) is 5.87. The molecular weight excluding hydrogens is 462 g/mol. The highest BCUT2D eigenvalue weighted by molar-refractivity contribution is 7.88. The topological polar surface area (TPSA) is 84.9 Å². The van der Waals surface area contributed by atoms with Crippen molar-refractivity contribution in [3.63, 3.8) is 0 Å². The third-order valence-electron chi connectivity index (χ3n) is 5.81. The first-order valence-corrected chi connectivity index (χ1v) is 12.5. The van der Waals surface area contributed by atoms with Gasteiger partial charge in [0, 0.05) is 29.4 Å². The van der Waals surface area contributed by atoms with Gasteiger partial charge in [-0.2, -0.15) is 9.52 Å². The van der Waals surface area contributed by atoms with Crippen molar-refractivity contribution in [2.45, 2.75) is 12.5 Å². The fourth-order valence-corrected chi connectivity index (χ4v) is 5.33. The molecule has 5 rings (SSSR count). The van der Waals surface area contributed by atoms with Crippen LogP contribution in [0.1, 0.15) is 23.8 Å². The molecule has 0 bridgehead atoms. The van der Waals surface area contributed by atoms with E-state index in [9.17, 15) is 13.2 Å². The van der Waals surface area contributed by atoms with E-state index < -0.39 is 16.1 Å². The summed E-state index contributed by atoms with van der Waals surface area (Å²) >= 11 is 6.11. The predicted molar refractivity (Wildman–Crippen MR) is 129 cm³/mol. The quantitative estimate of drug-likeness (QED) is 0.427. The molecule has 0 N–H and O–H groups in total. The first-order chi connectivity index (χ1) is 15.8. The van der Waals surface area contributed by atoms with E-state index in [1.54, 1.807) is 35.9 Å². The van der Waals surface area contributed by atoms with Gasteiger partial charge in [0.25, 0.3) is 5.56 Å². The van der Waals surface area contributed by atoms with Gasteiger partial charge >= 0.3 is 0 Å². The minimum Gasteiger partial charge on any atom is -0.467 e. The Balaban J connectivity index is 1.81. The highest BCUT2D eigenvalue weighted by Gasteiger charge is 2.38. The van der Waals surface area contributed by atoms with Crippen LogP contribution in [0.2, 0.25) is 5.02 Å². The van der Waals surface area contributed by atoms with Crippen LogP contribution in [-0.2, 0) is 17.1 Å². The van der Waals surface area contributed by atoms with Gasteiger partial charge in [0.15, 0.2) is 0 Å². The summed E-state index contributed by atoms with van der Waals surface area (Å²) in [6.45, 7) is 0. The van der Waals surface area contributed by atoms with Crippen molar-refractivity contribution in [2.75, 3.05) is 6.26 Å². The highest BCUT2D eigenvalue weighted by atomic mass is 35.5. The SMILES string of the molecule is Cn1c(=O)c(C2=NN(S(C)(=O)=O)[C@H](c3ccco3)C2)c(-c2ccc(Cl)cc2)c2ccccc21. The molecular formula is C24H20ClN3O4S. The number of para-hydroxylation sites is 1. The number of sulfonamides is 1. The molecule has 0 unspecified atom stereocenters. The van der Waals surface area contributed by atoms with Crippen LogP contribution in [0.25, 0.3) is 22.0 Å². The van der Waals surface area contributed by atoms with Crippen LogP contribution in [0, 0.1) is 0 Å². The standard InChI is InChI=1S/C24H20ClN3O4S/c1-27-19-7-4-3-6-17(19)22(15-9-11-16(25)12-10-15)23(24(27)29)18-14-20(21-8-5-13-32-21)28(26-18)33(2,30)31/h3-13,20H,14H2,1-2H3/t20-/m0/s1. The van der Waals surface area contributed by atoms with Gasteiger partial charge in [-0.15, -0.1) is 0 Å². The summed E-state index contributed by atoms with van der Waals surface area (Å²) in [5.74, 6) is 0.463. The second kappa shape index (κ2) is 7.90. The van der Waals surface area contributed by atoms with E-state index in [0.717, 1.165) is 27.1 Å². The molecule has 9 heteroatoms. The van der Waals surface area contributed by atoms with Crippen molar-refractivity contribution in [1.82, 2.24) is 8.98 Å². The maximum atomic E-state index is 13.6. The summed E-state index contributed by atoms with van der Waals surface area (Å²) in [6.07, 6.45) is 2.78. The number of pyridine rings is 1. The lowest BCUT2D eigenvalue weighted by Gasteiger charge is -2.18. The van der Waals surface area contributed by atoms with E-state index in [1.807, 2.05) is 36.4 Å². The number of aromatic nitrogens is 1. The third kappa shape index (κ3) is 3.65. The average molecular weight is 482 g/mol. The summed E-state index contributed by atoms with van der Waals surface area (Å²) in [7, 11) is -2.01. The van der Waals surface area contributed by atoms with E-state index in [-0.39, 0.29) is 12.0 Å². The van der Waals surface area contributed by atoms with Crippen molar-refractivity contribution in [3.05, 3.63) is 93.6 Å². The molecule has 0 saturated carbocycles. The molecule has 0 radical (unpaired) electrons. The van der Waals surface area contributed by atoms with E-state index in [2.05, 4.69) is 5.10 Å². The summed E-state index contributed by atoms with van der Waals surface area (Å²) < 4.78 is 33.2. The number of halogens is 1. The van der Waals surface area contributed by atoms with Crippen LogP contribution in [0.5, 0.6) is 0 Å². The Bertz CT molecular complexity index is 1560. The summed E-state index contributed by atoms with van der Waals surface area (Å²) in [5.41, 5.74) is 2.73. The number of hydrazone groups is 1. The molecule has 0 fully saturated rings. The predicted octanol–water partition coefficient (Wildman–Crippen LogP) is 4.56. The van der Waals surface area contributed by atoms with Crippen LogP contribution < -0.4 is 5.56 Å². The van der Waals surface area contributed by atoms with E-state index in [4.69, 9.17) is 16.0 Å². The molecule has 0 aliphatic carbocycles. The second-order valence-electron chi connectivity index (χ2n) is 7.96. The maximum Gasteiger partial charge on any atom is 0.260 e. The van der Waals surface area contributed by atoms with E-state index >= 15 is 0 Å². The molecule has 2 aromatic heterocycles. The summed E-state index contributed by atoms with van der Waals surface area (Å²) in [4.78, 5) is 13.6. The molecule has 33 heavy (non-hydrogen) atoms. The minimum absolute atomic E-state index is 0.203. The fraction of sp³-hybridized carbons (Fsp3) is 0.167. The number of rotatable bonds is 4. The van der Waals surface area contributed by atoms with Gasteiger partial charge < -0.3 is 8.98 Å². The molecule has 1 atom stereocenters.